The molecule has 0 atom stereocenters. The van der Waals surface area contributed by atoms with E-state index in [0.717, 1.165) is 24.8 Å². The van der Waals surface area contributed by atoms with Crippen molar-refractivity contribution >= 4 is 20.9 Å². The number of piperidine rings is 1. The summed E-state index contributed by atoms with van der Waals surface area (Å²) in [6.45, 7) is 1.14. The number of aromatic nitrogens is 1. The third-order valence-corrected chi connectivity index (χ3v) is 7.37. The summed E-state index contributed by atoms with van der Waals surface area (Å²) in [5, 5.41) is 1.27. The fourth-order valence-corrected chi connectivity index (χ4v) is 5.33. The highest BCUT2D eigenvalue weighted by Crippen LogP contribution is 2.29. The number of benzene rings is 2. The Balaban J connectivity index is 1.42. The Morgan fingerprint density at radius 1 is 1.07 bits per heavy atom. The van der Waals surface area contributed by atoms with Gasteiger partial charge >= 0.3 is 0 Å². The molecule has 1 aromatic heterocycles. The van der Waals surface area contributed by atoms with Gasteiger partial charge in [0.25, 0.3) is 0 Å². The van der Waals surface area contributed by atoms with Gasteiger partial charge in [0.1, 0.15) is 5.75 Å². The maximum absolute atomic E-state index is 12.9. The maximum Gasteiger partial charge on any atom is 0.243 e. The van der Waals surface area contributed by atoms with Gasteiger partial charge in [-0.05, 0) is 61.1 Å². The molecular weight excluding hydrogens is 360 g/mol. The molecule has 1 aliphatic heterocycles. The number of hydrogen-bond acceptors (Lipinski definition) is 3. The lowest BCUT2D eigenvalue weighted by Gasteiger charge is -2.31. The second kappa shape index (κ2) is 7.37. The second-order valence-electron chi connectivity index (χ2n) is 7.09. The summed E-state index contributed by atoms with van der Waals surface area (Å²) in [5.74, 6) is 1.16. The van der Waals surface area contributed by atoms with Gasteiger partial charge in [-0.25, -0.2) is 8.42 Å². The first kappa shape index (κ1) is 18.1. The van der Waals surface area contributed by atoms with Gasteiger partial charge in [0, 0.05) is 30.2 Å². The number of H-pyrrole nitrogens is 1. The third-order valence-electron chi connectivity index (χ3n) is 5.45. The molecule has 6 heteroatoms. The van der Waals surface area contributed by atoms with Crippen molar-refractivity contribution in [3.63, 3.8) is 0 Å². The summed E-state index contributed by atoms with van der Waals surface area (Å²) in [6, 6.07) is 14.9. The van der Waals surface area contributed by atoms with E-state index in [1.54, 1.807) is 35.7 Å². The monoisotopic (exact) mass is 384 g/mol. The van der Waals surface area contributed by atoms with E-state index >= 15 is 0 Å². The van der Waals surface area contributed by atoms with Crippen LogP contribution in [0.3, 0.4) is 0 Å². The number of hydrogen-bond donors (Lipinski definition) is 1. The molecule has 1 fully saturated rings. The van der Waals surface area contributed by atoms with Gasteiger partial charge in [0.2, 0.25) is 10.0 Å². The highest BCUT2D eigenvalue weighted by atomic mass is 32.2. The molecule has 0 bridgehead atoms. The maximum atomic E-state index is 12.9. The molecule has 0 aliphatic carbocycles. The van der Waals surface area contributed by atoms with E-state index < -0.39 is 10.0 Å². The fourth-order valence-electron chi connectivity index (χ4n) is 3.86. The molecule has 4 rings (SSSR count). The van der Waals surface area contributed by atoms with Gasteiger partial charge in [0.05, 0.1) is 12.0 Å². The molecule has 0 spiro atoms. The Morgan fingerprint density at radius 2 is 1.78 bits per heavy atom. The number of nitrogens with one attached hydrogen (secondary N) is 1. The van der Waals surface area contributed by atoms with Crippen LogP contribution in [0.25, 0.3) is 10.9 Å². The van der Waals surface area contributed by atoms with Crippen molar-refractivity contribution in [1.82, 2.24) is 9.29 Å². The summed E-state index contributed by atoms with van der Waals surface area (Å²) >= 11 is 0. The van der Waals surface area contributed by atoms with E-state index in [2.05, 4.69) is 29.4 Å². The molecule has 0 amide bonds. The van der Waals surface area contributed by atoms with Crippen molar-refractivity contribution in [3.05, 3.63) is 60.3 Å². The van der Waals surface area contributed by atoms with Crippen molar-refractivity contribution in [2.24, 2.45) is 5.92 Å². The quantitative estimate of drug-likeness (QED) is 0.727. The van der Waals surface area contributed by atoms with Crippen LogP contribution < -0.4 is 4.74 Å². The highest BCUT2D eigenvalue weighted by Gasteiger charge is 2.29. The summed E-state index contributed by atoms with van der Waals surface area (Å²) in [4.78, 5) is 3.66. The number of para-hydroxylation sites is 1. The predicted molar refractivity (Wildman–Crippen MR) is 106 cm³/mol. The third kappa shape index (κ3) is 3.59. The molecule has 2 aromatic carbocycles. The van der Waals surface area contributed by atoms with E-state index in [4.69, 9.17) is 4.74 Å². The van der Waals surface area contributed by atoms with Crippen LogP contribution in [0.15, 0.2) is 59.6 Å². The molecule has 3 aromatic rings. The fraction of sp³-hybridized carbons (Fsp3) is 0.333. The van der Waals surface area contributed by atoms with Gasteiger partial charge in [0.15, 0.2) is 0 Å². The van der Waals surface area contributed by atoms with Gasteiger partial charge in [-0.2, -0.15) is 4.31 Å². The lowest BCUT2D eigenvalue weighted by atomic mass is 9.91. The van der Waals surface area contributed by atoms with Gasteiger partial charge in [-0.15, -0.1) is 0 Å². The van der Waals surface area contributed by atoms with Gasteiger partial charge < -0.3 is 9.72 Å². The summed E-state index contributed by atoms with van der Waals surface area (Å²) in [7, 11) is -1.86. The van der Waals surface area contributed by atoms with Crippen LogP contribution in [0, 0.1) is 5.92 Å². The first-order chi connectivity index (χ1) is 13.1. The molecule has 1 saturated heterocycles. The highest BCUT2D eigenvalue weighted by molar-refractivity contribution is 7.89. The van der Waals surface area contributed by atoms with Crippen LogP contribution in [-0.2, 0) is 16.4 Å². The smallest absolute Gasteiger partial charge is 0.243 e. The van der Waals surface area contributed by atoms with Crippen LogP contribution >= 0.6 is 0 Å². The number of ether oxygens (including phenoxy) is 1. The largest absolute Gasteiger partial charge is 0.497 e. The van der Waals surface area contributed by atoms with Gasteiger partial charge in [-0.3, -0.25) is 0 Å². The topological polar surface area (TPSA) is 62.4 Å². The van der Waals surface area contributed by atoms with Crippen LogP contribution in [0.1, 0.15) is 18.4 Å². The minimum atomic E-state index is -3.44. The number of rotatable bonds is 5. The predicted octanol–water partition coefficient (Wildman–Crippen LogP) is 3.82. The Bertz CT molecular complexity index is 1020. The van der Waals surface area contributed by atoms with Crippen LogP contribution in [0.2, 0.25) is 0 Å². The van der Waals surface area contributed by atoms with Crippen molar-refractivity contribution < 1.29 is 13.2 Å². The number of fused-ring (bicyclic) bond motifs is 1. The number of methoxy groups -OCH3 is 1. The van der Waals surface area contributed by atoms with Crippen molar-refractivity contribution in [3.8, 4) is 5.75 Å². The molecule has 0 radical (unpaired) electrons. The van der Waals surface area contributed by atoms with Crippen LogP contribution in [0.4, 0.5) is 0 Å². The van der Waals surface area contributed by atoms with Crippen molar-refractivity contribution in [2.75, 3.05) is 20.2 Å². The molecule has 5 nitrogen and oxygen atoms in total. The Kier molecular flexibility index (Phi) is 4.93. The summed E-state index contributed by atoms with van der Waals surface area (Å²) < 4.78 is 32.5. The zero-order valence-electron chi connectivity index (χ0n) is 15.4. The number of nitrogens with zero attached hydrogens (tertiary/aromatic N) is 1. The minimum absolute atomic E-state index is 0.332. The number of aromatic amines is 1. The van der Waals surface area contributed by atoms with E-state index in [1.807, 2.05) is 6.07 Å². The van der Waals surface area contributed by atoms with Crippen LogP contribution in [0.5, 0.6) is 5.75 Å². The number of sulfonamides is 1. The van der Waals surface area contributed by atoms with E-state index in [1.165, 1.54) is 10.9 Å². The Morgan fingerprint density at radius 3 is 2.48 bits per heavy atom. The first-order valence-corrected chi connectivity index (χ1v) is 10.7. The molecular formula is C21H24N2O3S. The standard InChI is InChI=1S/C21H24N2O3S/c1-26-18-6-8-19(9-7-18)27(24,25)23-12-10-16(11-13-23)14-17-15-22-21-5-3-2-4-20(17)21/h2-9,15-16,22H,10-14H2,1H3. The molecule has 1 aliphatic rings. The lowest BCUT2D eigenvalue weighted by Crippen LogP contribution is -2.38. The molecule has 0 unspecified atom stereocenters. The first-order valence-electron chi connectivity index (χ1n) is 9.27. The van der Waals surface area contributed by atoms with Gasteiger partial charge in [-0.1, -0.05) is 18.2 Å². The molecule has 0 saturated carbocycles. The van der Waals surface area contributed by atoms with Crippen molar-refractivity contribution in [1.29, 1.82) is 0 Å². The second-order valence-corrected chi connectivity index (χ2v) is 9.02. The SMILES string of the molecule is COc1ccc(S(=O)(=O)N2CCC(Cc3c[nH]c4ccccc34)CC2)cc1. The Hall–Kier alpha value is -2.31. The van der Waals surface area contributed by atoms with E-state index in [0.29, 0.717) is 29.7 Å². The van der Waals surface area contributed by atoms with E-state index in [-0.39, 0.29) is 0 Å². The average Bonchev–Trinajstić information content (AvgIpc) is 3.11. The molecule has 2 heterocycles. The van der Waals surface area contributed by atoms with Crippen molar-refractivity contribution in [2.45, 2.75) is 24.2 Å². The van der Waals surface area contributed by atoms with E-state index in [9.17, 15) is 8.42 Å². The summed E-state index contributed by atoms with van der Waals surface area (Å²) in [5.41, 5.74) is 2.48. The minimum Gasteiger partial charge on any atom is -0.497 e. The van der Waals surface area contributed by atoms with Crippen LogP contribution in [-0.4, -0.2) is 37.9 Å². The zero-order valence-corrected chi connectivity index (χ0v) is 16.2. The molecule has 1 N–H and O–H groups in total. The summed E-state index contributed by atoms with van der Waals surface area (Å²) in [6.07, 6.45) is 4.84. The molecule has 27 heavy (non-hydrogen) atoms. The molecule has 142 valence electrons. The normalized spacial score (nSPS) is 16.6. The average molecular weight is 385 g/mol. The Labute approximate surface area is 160 Å². The zero-order chi connectivity index (χ0) is 18.9. The lowest BCUT2D eigenvalue weighted by molar-refractivity contribution is 0.273.